The van der Waals surface area contributed by atoms with Crippen LogP contribution in [-0.2, 0) is 42.9 Å². The molecule has 1 rings (SSSR count). The van der Waals surface area contributed by atoms with E-state index in [0.29, 0.717) is 19.3 Å². The lowest BCUT2D eigenvalue weighted by molar-refractivity contribution is -0.301. The minimum absolute atomic E-state index is 0.0597. The zero-order valence-electron chi connectivity index (χ0n) is 49.0. The van der Waals surface area contributed by atoms with E-state index in [0.717, 1.165) is 116 Å². The number of aliphatic hydroxyl groups is 2. The van der Waals surface area contributed by atoms with Crippen molar-refractivity contribution in [2.75, 3.05) is 13.2 Å². The smallest absolute Gasteiger partial charge is 0.335 e. The standard InChI is InChI=1S/C65H112O12/c1-4-7-10-13-16-19-21-23-25-27-29-31-33-35-37-40-42-45-48-51-57(66)73-54-56(75-58(67)52-49-46-44-41-38-36-34-32-30-28-26-24-22-20-17-14-11-8-5-2)55-74-65-63(61(70)60(69)62(77-65)64(71)72)76-59(68)53-50-47-43-39-18-15-12-9-6-3/h16-17,19-20,23-26,29,31,56,60-63,65,69-70H,4-15,18,21-22,27-28,30,32-55H2,1-3H3,(H,71,72)/b19-16-,20-17-,25-23-,26-24-,31-29-. The molecular formula is C65H112O12. The number of esters is 3. The molecule has 1 saturated heterocycles. The van der Waals surface area contributed by atoms with Crippen molar-refractivity contribution < 1.29 is 58.2 Å². The highest BCUT2D eigenvalue weighted by atomic mass is 16.7. The third-order valence-corrected chi connectivity index (χ3v) is 14.1. The Morgan fingerprint density at radius 1 is 0.429 bits per heavy atom. The molecule has 0 aromatic carbocycles. The lowest BCUT2D eigenvalue weighted by Crippen LogP contribution is -2.61. The molecule has 77 heavy (non-hydrogen) atoms. The van der Waals surface area contributed by atoms with Gasteiger partial charge in [0, 0.05) is 19.3 Å². The Morgan fingerprint density at radius 3 is 1.21 bits per heavy atom. The summed E-state index contributed by atoms with van der Waals surface area (Å²) in [7, 11) is 0. The average Bonchev–Trinajstić information content (AvgIpc) is 3.42. The van der Waals surface area contributed by atoms with E-state index >= 15 is 0 Å². The summed E-state index contributed by atoms with van der Waals surface area (Å²) >= 11 is 0. The molecule has 0 aliphatic carbocycles. The van der Waals surface area contributed by atoms with Gasteiger partial charge in [0.05, 0.1) is 6.61 Å². The second-order valence-electron chi connectivity index (χ2n) is 21.3. The van der Waals surface area contributed by atoms with E-state index in [-0.39, 0.29) is 25.9 Å². The van der Waals surface area contributed by atoms with Crippen molar-refractivity contribution in [3.63, 3.8) is 0 Å². The lowest BCUT2D eigenvalue weighted by Gasteiger charge is -2.40. The van der Waals surface area contributed by atoms with Crippen LogP contribution < -0.4 is 0 Å². The fraction of sp³-hybridized carbons (Fsp3) is 0.785. The largest absolute Gasteiger partial charge is 0.479 e. The summed E-state index contributed by atoms with van der Waals surface area (Å²) in [6.07, 6.45) is 53.4. The number of carbonyl (C=O) groups excluding carboxylic acids is 3. The number of carboxylic acids is 1. The summed E-state index contributed by atoms with van der Waals surface area (Å²) in [5.74, 6) is -3.13. The fourth-order valence-corrected chi connectivity index (χ4v) is 9.23. The van der Waals surface area contributed by atoms with Crippen LogP contribution in [0.3, 0.4) is 0 Å². The van der Waals surface area contributed by atoms with Crippen molar-refractivity contribution in [2.45, 2.75) is 314 Å². The molecule has 1 fully saturated rings. The minimum Gasteiger partial charge on any atom is -0.479 e. The van der Waals surface area contributed by atoms with Gasteiger partial charge in [-0.05, 0) is 89.9 Å². The Bertz CT molecular complexity index is 1570. The molecule has 444 valence electrons. The number of aliphatic hydroxyl groups excluding tert-OH is 2. The minimum atomic E-state index is -1.90. The van der Waals surface area contributed by atoms with Gasteiger partial charge in [-0.2, -0.15) is 0 Å². The van der Waals surface area contributed by atoms with Crippen LogP contribution in [-0.4, -0.2) is 89.2 Å². The van der Waals surface area contributed by atoms with Crippen molar-refractivity contribution in [2.24, 2.45) is 0 Å². The van der Waals surface area contributed by atoms with Crippen LogP contribution >= 0.6 is 0 Å². The third kappa shape index (κ3) is 43.0. The molecule has 3 N–H and O–H groups in total. The van der Waals surface area contributed by atoms with Gasteiger partial charge >= 0.3 is 23.9 Å². The monoisotopic (exact) mass is 1080 g/mol. The number of hydrogen-bond donors (Lipinski definition) is 3. The summed E-state index contributed by atoms with van der Waals surface area (Å²) in [5.41, 5.74) is 0. The van der Waals surface area contributed by atoms with E-state index in [1.807, 2.05) is 0 Å². The van der Waals surface area contributed by atoms with Crippen molar-refractivity contribution in [1.29, 1.82) is 0 Å². The van der Waals surface area contributed by atoms with Crippen molar-refractivity contribution >= 4 is 23.9 Å². The Balaban J connectivity index is 2.64. The first-order valence-corrected chi connectivity index (χ1v) is 31.3. The first-order valence-electron chi connectivity index (χ1n) is 31.3. The summed E-state index contributed by atoms with van der Waals surface area (Å²) < 4.78 is 28.4. The molecule has 0 radical (unpaired) electrons. The molecule has 1 aliphatic rings. The van der Waals surface area contributed by atoms with Crippen molar-refractivity contribution in [3.05, 3.63) is 60.8 Å². The average molecular weight is 1090 g/mol. The zero-order valence-corrected chi connectivity index (χ0v) is 49.0. The molecule has 6 unspecified atom stereocenters. The Kier molecular flexibility index (Phi) is 49.2. The van der Waals surface area contributed by atoms with Crippen LogP contribution in [0.25, 0.3) is 0 Å². The zero-order chi connectivity index (χ0) is 56.1. The van der Waals surface area contributed by atoms with Crippen molar-refractivity contribution in [3.8, 4) is 0 Å². The van der Waals surface area contributed by atoms with Gasteiger partial charge in [0.25, 0.3) is 0 Å². The number of allylic oxidation sites excluding steroid dienone is 10. The van der Waals surface area contributed by atoms with Crippen LogP contribution in [0.2, 0.25) is 0 Å². The van der Waals surface area contributed by atoms with E-state index in [1.165, 1.54) is 103 Å². The Hall–Kier alpha value is -3.58. The molecule has 6 atom stereocenters. The van der Waals surface area contributed by atoms with Gasteiger partial charge in [-0.3, -0.25) is 14.4 Å². The first kappa shape index (κ1) is 71.4. The predicted molar refractivity (Wildman–Crippen MR) is 312 cm³/mol. The summed E-state index contributed by atoms with van der Waals surface area (Å²) in [5, 5.41) is 31.4. The van der Waals surface area contributed by atoms with E-state index in [4.69, 9.17) is 23.7 Å². The number of ether oxygens (including phenoxy) is 5. The van der Waals surface area contributed by atoms with Gasteiger partial charge < -0.3 is 39.0 Å². The normalized spacial score (nSPS) is 18.4. The highest BCUT2D eigenvalue weighted by molar-refractivity contribution is 5.74. The maximum Gasteiger partial charge on any atom is 0.335 e. The highest BCUT2D eigenvalue weighted by Crippen LogP contribution is 2.26. The number of hydrogen-bond acceptors (Lipinski definition) is 11. The molecule has 12 heteroatoms. The van der Waals surface area contributed by atoms with Gasteiger partial charge in [0.15, 0.2) is 24.6 Å². The van der Waals surface area contributed by atoms with E-state index in [1.54, 1.807) is 0 Å². The van der Waals surface area contributed by atoms with Crippen molar-refractivity contribution in [1.82, 2.24) is 0 Å². The fourth-order valence-electron chi connectivity index (χ4n) is 9.23. The SMILES string of the molecule is CCCCC/C=C\C/C=C\C/C=C\CCCCCCCCC(=O)OCC(COC1OC(C(=O)O)C(O)C(O)C1OC(=O)CCCCCCCCCCC)OC(=O)CCCCCCCCCCC/C=C\C/C=C\CCCCC. The summed E-state index contributed by atoms with van der Waals surface area (Å²) in [6, 6.07) is 0. The molecule has 0 aromatic heterocycles. The topological polar surface area (TPSA) is 175 Å². The molecular weight excluding hydrogens is 973 g/mol. The third-order valence-electron chi connectivity index (χ3n) is 14.1. The van der Waals surface area contributed by atoms with Gasteiger partial charge in [0.2, 0.25) is 0 Å². The van der Waals surface area contributed by atoms with Crippen LogP contribution in [0.15, 0.2) is 60.8 Å². The van der Waals surface area contributed by atoms with Crippen LogP contribution in [0.4, 0.5) is 0 Å². The quantitative estimate of drug-likeness (QED) is 0.0228. The van der Waals surface area contributed by atoms with Gasteiger partial charge in [-0.25, -0.2) is 4.79 Å². The van der Waals surface area contributed by atoms with Gasteiger partial charge in [-0.15, -0.1) is 0 Å². The number of aliphatic carboxylic acids is 1. The Morgan fingerprint density at radius 2 is 0.779 bits per heavy atom. The lowest BCUT2D eigenvalue weighted by atomic mass is 9.98. The Labute approximate surface area is 468 Å². The number of rotatable bonds is 53. The van der Waals surface area contributed by atoms with E-state index in [2.05, 4.69) is 81.5 Å². The predicted octanol–water partition coefficient (Wildman–Crippen LogP) is 16.3. The first-order chi connectivity index (χ1) is 37.6. The number of unbranched alkanes of at least 4 members (excludes halogenated alkanes) is 29. The van der Waals surface area contributed by atoms with Gasteiger partial charge in [0.1, 0.15) is 18.8 Å². The highest BCUT2D eigenvalue weighted by Gasteiger charge is 2.50. The summed E-state index contributed by atoms with van der Waals surface area (Å²) in [4.78, 5) is 51.1. The maximum absolute atomic E-state index is 13.2. The molecule has 12 nitrogen and oxygen atoms in total. The van der Waals surface area contributed by atoms with Crippen LogP contribution in [0.5, 0.6) is 0 Å². The van der Waals surface area contributed by atoms with Gasteiger partial charge in [-0.1, -0.05) is 229 Å². The molecule has 0 aromatic rings. The van der Waals surface area contributed by atoms with E-state index in [9.17, 15) is 34.5 Å². The molecule has 0 amide bonds. The van der Waals surface area contributed by atoms with Crippen LogP contribution in [0, 0.1) is 0 Å². The van der Waals surface area contributed by atoms with E-state index < -0.39 is 67.3 Å². The second kappa shape index (κ2) is 53.1. The van der Waals surface area contributed by atoms with Crippen LogP contribution in [0.1, 0.15) is 278 Å². The molecule has 1 aliphatic heterocycles. The molecule has 0 spiro atoms. The molecule has 0 saturated carbocycles. The number of carbonyl (C=O) groups is 4. The maximum atomic E-state index is 13.2. The summed E-state index contributed by atoms with van der Waals surface area (Å²) in [6.45, 7) is 5.91. The second-order valence-corrected chi connectivity index (χ2v) is 21.3. The molecule has 1 heterocycles. The molecule has 0 bridgehead atoms. The number of carboxylic acid groups (broad SMARTS) is 1.